The maximum Gasteiger partial charge on any atom is 0.389 e. The molecule has 4 nitrogen and oxygen atoms in total. The Balaban J connectivity index is 1.77. The molecule has 1 heterocycles. The topological polar surface area (TPSA) is 32.8 Å². The predicted molar refractivity (Wildman–Crippen MR) is 81.7 cm³/mol. The summed E-state index contributed by atoms with van der Waals surface area (Å²) >= 11 is 0. The lowest BCUT2D eigenvalue weighted by molar-refractivity contribution is -0.136. The fraction of sp³-hybridized carbons (Fsp3) is 0.562. The van der Waals surface area contributed by atoms with Gasteiger partial charge in [0.1, 0.15) is 5.75 Å². The summed E-state index contributed by atoms with van der Waals surface area (Å²) in [5.41, 5.74) is 1.02. The average molecular weight is 330 g/mol. The highest BCUT2D eigenvalue weighted by atomic mass is 19.4. The molecular weight excluding hydrogens is 309 g/mol. The maximum absolute atomic E-state index is 12.0. The van der Waals surface area contributed by atoms with E-state index in [-0.39, 0.29) is 18.9 Å². The second-order valence-corrected chi connectivity index (χ2v) is 5.55. The molecule has 0 atom stereocenters. The third-order valence-corrected chi connectivity index (χ3v) is 3.80. The van der Waals surface area contributed by atoms with Crippen molar-refractivity contribution >= 4 is 11.6 Å². The van der Waals surface area contributed by atoms with E-state index in [0.29, 0.717) is 18.8 Å². The minimum atomic E-state index is -4.13. The Kier molecular flexibility index (Phi) is 5.74. The molecule has 0 aliphatic carbocycles. The molecule has 1 aromatic rings. The summed E-state index contributed by atoms with van der Waals surface area (Å²) in [5.74, 6) is 0.658. The number of carbonyl (C=O) groups excluding carboxylic acids is 1. The molecule has 2 rings (SSSR count). The van der Waals surface area contributed by atoms with Crippen LogP contribution in [0.3, 0.4) is 0 Å². The number of amides is 1. The Hall–Kier alpha value is -1.92. The van der Waals surface area contributed by atoms with E-state index in [4.69, 9.17) is 4.74 Å². The first kappa shape index (κ1) is 17.4. The second-order valence-electron chi connectivity index (χ2n) is 5.55. The van der Waals surface area contributed by atoms with Gasteiger partial charge in [-0.3, -0.25) is 4.79 Å². The number of piperazine rings is 1. The zero-order chi connectivity index (χ0) is 16.9. The Labute approximate surface area is 133 Å². The molecule has 0 N–H and O–H groups in total. The lowest BCUT2D eigenvalue weighted by atomic mass is 10.2. The molecule has 23 heavy (non-hydrogen) atoms. The van der Waals surface area contributed by atoms with Gasteiger partial charge in [0.05, 0.1) is 6.61 Å². The summed E-state index contributed by atoms with van der Waals surface area (Å²) in [6.07, 6.45) is -5.00. The highest BCUT2D eigenvalue weighted by Crippen LogP contribution is 2.23. The van der Waals surface area contributed by atoms with Crippen LogP contribution in [0.5, 0.6) is 5.75 Å². The van der Waals surface area contributed by atoms with E-state index in [1.165, 1.54) is 0 Å². The number of rotatable bonds is 5. The van der Waals surface area contributed by atoms with Gasteiger partial charge in [-0.05, 0) is 30.7 Å². The number of carbonyl (C=O) groups is 1. The third kappa shape index (κ3) is 5.65. The highest BCUT2D eigenvalue weighted by Gasteiger charge is 2.26. The number of halogens is 3. The molecule has 7 heteroatoms. The van der Waals surface area contributed by atoms with Gasteiger partial charge in [-0.1, -0.05) is 0 Å². The summed E-state index contributed by atoms with van der Waals surface area (Å²) in [5, 5.41) is 0. The van der Waals surface area contributed by atoms with E-state index in [2.05, 4.69) is 4.90 Å². The van der Waals surface area contributed by atoms with Crippen molar-refractivity contribution in [1.29, 1.82) is 0 Å². The molecular formula is C16H21F3N2O2. The lowest BCUT2D eigenvalue weighted by Gasteiger charge is -2.35. The van der Waals surface area contributed by atoms with Crippen LogP contribution in [0.15, 0.2) is 24.3 Å². The Morgan fingerprint density at radius 2 is 1.74 bits per heavy atom. The number of alkyl halides is 3. The van der Waals surface area contributed by atoms with Gasteiger partial charge in [0.25, 0.3) is 0 Å². The zero-order valence-corrected chi connectivity index (χ0v) is 13.1. The van der Waals surface area contributed by atoms with Crippen LogP contribution in [0.25, 0.3) is 0 Å². The third-order valence-electron chi connectivity index (χ3n) is 3.80. The molecule has 1 aliphatic rings. The van der Waals surface area contributed by atoms with Crippen LogP contribution < -0.4 is 9.64 Å². The van der Waals surface area contributed by atoms with Gasteiger partial charge in [0.2, 0.25) is 5.91 Å². The molecule has 1 aromatic carbocycles. The molecule has 0 bridgehead atoms. The van der Waals surface area contributed by atoms with Crippen molar-refractivity contribution in [2.45, 2.75) is 25.9 Å². The first-order chi connectivity index (χ1) is 10.8. The van der Waals surface area contributed by atoms with Gasteiger partial charge in [0, 0.05) is 45.2 Å². The van der Waals surface area contributed by atoms with Crippen molar-refractivity contribution in [1.82, 2.24) is 4.90 Å². The Morgan fingerprint density at radius 3 is 2.26 bits per heavy atom. The first-order valence-electron chi connectivity index (χ1n) is 7.65. The molecule has 1 aliphatic heterocycles. The molecule has 1 saturated heterocycles. The van der Waals surface area contributed by atoms with E-state index >= 15 is 0 Å². The number of anilines is 1. The largest absolute Gasteiger partial charge is 0.494 e. The van der Waals surface area contributed by atoms with Crippen LogP contribution in [-0.4, -0.2) is 49.8 Å². The molecule has 0 radical (unpaired) electrons. The molecule has 0 spiro atoms. The van der Waals surface area contributed by atoms with E-state index in [9.17, 15) is 18.0 Å². The van der Waals surface area contributed by atoms with Crippen molar-refractivity contribution in [3.8, 4) is 5.75 Å². The molecule has 0 saturated carbocycles. The molecule has 128 valence electrons. The van der Waals surface area contributed by atoms with Crippen molar-refractivity contribution < 1.29 is 22.7 Å². The summed E-state index contributed by atoms with van der Waals surface area (Å²) in [7, 11) is 0. The minimum absolute atomic E-state index is 0.0434. The molecule has 0 unspecified atom stereocenters. The first-order valence-corrected chi connectivity index (χ1v) is 7.65. The maximum atomic E-state index is 12.0. The zero-order valence-electron chi connectivity index (χ0n) is 13.1. The van der Waals surface area contributed by atoms with Crippen molar-refractivity contribution in [3.63, 3.8) is 0 Å². The number of hydrogen-bond acceptors (Lipinski definition) is 3. The quantitative estimate of drug-likeness (QED) is 0.778. The Bertz CT molecular complexity index is 509. The van der Waals surface area contributed by atoms with Gasteiger partial charge in [-0.25, -0.2) is 0 Å². The number of benzene rings is 1. The van der Waals surface area contributed by atoms with E-state index in [1.807, 2.05) is 17.0 Å². The standard InChI is InChI=1S/C16H21F3N2O2/c1-13(22)20-8-10-21(11-9-20)14-3-5-15(6-4-14)23-12-2-7-16(17,18)19/h3-6H,2,7-12H2,1H3. The summed E-state index contributed by atoms with van der Waals surface area (Å²) < 4.78 is 41.4. The summed E-state index contributed by atoms with van der Waals surface area (Å²) in [6.45, 7) is 4.56. The van der Waals surface area contributed by atoms with Gasteiger partial charge in [-0.15, -0.1) is 0 Å². The average Bonchev–Trinajstić information content (AvgIpc) is 2.51. The lowest BCUT2D eigenvalue weighted by Crippen LogP contribution is -2.48. The van der Waals surface area contributed by atoms with Crippen molar-refractivity contribution in [2.24, 2.45) is 0 Å². The van der Waals surface area contributed by atoms with Crippen LogP contribution in [0, 0.1) is 0 Å². The fourth-order valence-electron chi connectivity index (χ4n) is 2.50. The normalized spacial score (nSPS) is 15.7. The smallest absolute Gasteiger partial charge is 0.389 e. The number of nitrogens with zero attached hydrogens (tertiary/aromatic N) is 2. The number of ether oxygens (including phenoxy) is 1. The van der Waals surface area contributed by atoms with Crippen LogP contribution in [0.1, 0.15) is 19.8 Å². The van der Waals surface area contributed by atoms with Gasteiger partial charge in [-0.2, -0.15) is 13.2 Å². The SMILES string of the molecule is CC(=O)N1CCN(c2ccc(OCCCC(F)(F)F)cc2)CC1. The van der Waals surface area contributed by atoms with E-state index in [0.717, 1.165) is 18.8 Å². The van der Waals surface area contributed by atoms with Crippen molar-refractivity contribution in [3.05, 3.63) is 24.3 Å². The minimum Gasteiger partial charge on any atom is -0.494 e. The van der Waals surface area contributed by atoms with Crippen LogP contribution in [-0.2, 0) is 4.79 Å². The van der Waals surface area contributed by atoms with Gasteiger partial charge in [0.15, 0.2) is 0 Å². The van der Waals surface area contributed by atoms with Gasteiger partial charge >= 0.3 is 6.18 Å². The second kappa shape index (κ2) is 7.57. The predicted octanol–water partition coefficient (Wildman–Crippen LogP) is 3.08. The monoisotopic (exact) mass is 330 g/mol. The Morgan fingerprint density at radius 1 is 1.13 bits per heavy atom. The molecule has 0 aromatic heterocycles. The molecule has 1 fully saturated rings. The van der Waals surface area contributed by atoms with Crippen LogP contribution in [0.2, 0.25) is 0 Å². The van der Waals surface area contributed by atoms with Crippen LogP contribution >= 0.6 is 0 Å². The van der Waals surface area contributed by atoms with E-state index < -0.39 is 12.6 Å². The summed E-state index contributed by atoms with van der Waals surface area (Å²) in [6, 6.07) is 7.31. The number of hydrogen-bond donors (Lipinski definition) is 0. The fourth-order valence-corrected chi connectivity index (χ4v) is 2.50. The van der Waals surface area contributed by atoms with E-state index in [1.54, 1.807) is 19.1 Å². The molecule has 1 amide bonds. The highest BCUT2D eigenvalue weighted by molar-refractivity contribution is 5.73. The van der Waals surface area contributed by atoms with Crippen LogP contribution in [0.4, 0.5) is 18.9 Å². The van der Waals surface area contributed by atoms with Gasteiger partial charge < -0.3 is 14.5 Å². The van der Waals surface area contributed by atoms with Crippen molar-refractivity contribution in [2.75, 3.05) is 37.7 Å². The summed E-state index contributed by atoms with van der Waals surface area (Å²) in [4.78, 5) is 15.3.